The summed E-state index contributed by atoms with van der Waals surface area (Å²) in [5, 5.41) is 9.57. The molecule has 0 aromatic heterocycles. The van der Waals surface area contributed by atoms with E-state index >= 15 is 0 Å². The number of benzene rings is 1. The lowest BCUT2D eigenvalue weighted by atomic mass is 9.81. The van der Waals surface area contributed by atoms with Crippen LogP contribution in [0.15, 0.2) is 30.3 Å². The van der Waals surface area contributed by atoms with Gasteiger partial charge < -0.3 is 15.7 Å². The van der Waals surface area contributed by atoms with Crippen LogP contribution in [0.2, 0.25) is 0 Å². The second-order valence-electron chi connectivity index (χ2n) is 6.58. The fraction of sp³-hybridized carbons (Fsp3) is 0.562. The van der Waals surface area contributed by atoms with Crippen molar-refractivity contribution in [3.8, 4) is 0 Å². The number of hydrogen-bond acceptors (Lipinski definition) is 3. The number of nitrogens with two attached hydrogens (primary N) is 1. The molecule has 1 aliphatic heterocycles. The lowest BCUT2D eigenvalue weighted by Gasteiger charge is -2.40. The minimum Gasteiger partial charge on any atom is -0.480 e. The Kier molecular flexibility index (Phi) is 4.16. The predicted molar refractivity (Wildman–Crippen MR) is 79.4 cm³/mol. The molecule has 110 valence electrons. The molecule has 0 radical (unpaired) electrons. The predicted octanol–water partition coefficient (Wildman–Crippen LogP) is 2.05. The van der Waals surface area contributed by atoms with Gasteiger partial charge in [-0.15, -0.1) is 0 Å². The van der Waals surface area contributed by atoms with Gasteiger partial charge >= 0.3 is 5.97 Å². The Hall–Kier alpha value is -1.39. The molecule has 1 heterocycles. The largest absolute Gasteiger partial charge is 0.480 e. The highest BCUT2D eigenvalue weighted by atomic mass is 16.4. The third-order valence-electron chi connectivity index (χ3n) is 4.35. The van der Waals surface area contributed by atoms with Gasteiger partial charge in [0, 0.05) is 6.54 Å². The Morgan fingerprint density at radius 3 is 2.35 bits per heavy atom. The number of nitrogens with zero attached hydrogens (tertiary/aromatic N) is 1. The number of piperidine rings is 1. The molecule has 0 bridgehead atoms. The van der Waals surface area contributed by atoms with Crippen LogP contribution < -0.4 is 5.73 Å². The third kappa shape index (κ3) is 3.19. The van der Waals surface area contributed by atoms with Gasteiger partial charge in [0.05, 0.1) is 0 Å². The summed E-state index contributed by atoms with van der Waals surface area (Å²) in [6, 6.07) is 9.12. The molecule has 1 saturated heterocycles. The first-order valence-electron chi connectivity index (χ1n) is 7.14. The molecular weight excluding hydrogens is 252 g/mol. The zero-order valence-electron chi connectivity index (χ0n) is 12.3. The summed E-state index contributed by atoms with van der Waals surface area (Å²) in [6.45, 7) is 6.70. The Morgan fingerprint density at radius 1 is 1.30 bits per heavy atom. The van der Waals surface area contributed by atoms with Crippen LogP contribution in [0.3, 0.4) is 0 Å². The van der Waals surface area contributed by atoms with Crippen LogP contribution in [0, 0.1) is 5.41 Å². The smallest absolute Gasteiger partial charge is 0.329 e. The van der Waals surface area contributed by atoms with Crippen molar-refractivity contribution in [2.45, 2.75) is 32.2 Å². The van der Waals surface area contributed by atoms with Gasteiger partial charge in [-0.3, -0.25) is 0 Å². The minimum atomic E-state index is -1.33. The molecule has 2 rings (SSSR count). The molecule has 3 N–H and O–H groups in total. The van der Waals surface area contributed by atoms with E-state index < -0.39 is 11.5 Å². The summed E-state index contributed by atoms with van der Waals surface area (Å²) in [5.74, 6) is -0.964. The highest BCUT2D eigenvalue weighted by Gasteiger charge is 2.39. The molecule has 1 fully saturated rings. The lowest BCUT2D eigenvalue weighted by molar-refractivity contribution is -0.144. The monoisotopic (exact) mass is 276 g/mol. The Morgan fingerprint density at radius 2 is 1.85 bits per heavy atom. The van der Waals surface area contributed by atoms with Crippen LogP contribution in [0.1, 0.15) is 32.3 Å². The minimum absolute atomic E-state index is 0.351. The van der Waals surface area contributed by atoms with E-state index in [9.17, 15) is 9.90 Å². The SMILES string of the molecule is CC1(C)CCN(CC(N)(C(=O)O)c2ccccc2)CC1. The average molecular weight is 276 g/mol. The second-order valence-corrected chi connectivity index (χ2v) is 6.58. The van der Waals surface area contributed by atoms with Crippen molar-refractivity contribution >= 4 is 5.97 Å². The number of rotatable bonds is 4. The number of carboxylic acid groups (broad SMARTS) is 1. The summed E-state index contributed by atoms with van der Waals surface area (Å²) in [5.41, 5.74) is 5.90. The van der Waals surface area contributed by atoms with Crippen LogP contribution >= 0.6 is 0 Å². The van der Waals surface area contributed by atoms with E-state index in [2.05, 4.69) is 18.7 Å². The molecule has 1 aromatic rings. The molecule has 1 aliphatic rings. The standard InChI is InChI=1S/C16H24N2O2/c1-15(2)8-10-18(11-9-15)12-16(17,14(19)20)13-6-4-3-5-7-13/h3-7H,8-12,17H2,1-2H3,(H,19,20). The number of hydrogen-bond donors (Lipinski definition) is 2. The van der Waals surface area contributed by atoms with Crippen LogP contribution in [0.25, 0.3) is 0 Å². The van der Waals surface area contributed by atoms with E-state index in [1.54, 1.807) is 12.1 Å². The fourth-order valence-corrected chi connectivity index (χ4v) is 2.69. The van der Waals surface area contributed by atoms with Gasteiger partial charge in [0.15, 0.2) is 5.54 Å². The first-order chi connectivity index (χ1) is 9.33. The molecule has 0 saturated carbocycles. The van der Waals surface area contributed by atoms with E-state index in [4.69, 9.17) is 5.73 Å². The number of likely N-dealkylation sites (tertiary alicyclic amines) is 1. The Bertz CT molecular complexity index is 463. The van der Waals surface area contributed by atoms with E-state index in [1.165, 1.54) is 0 Å². The molecule has 1 aromatic carbocycles. The molecule has 4 heteroatoms. The highest BCUT2D eigenvalue weighted by molar-refractivity contribution is 5.80. The zero-order chi connectivity index (χ0) is 14.8. The van der Waals surface area contributed by atoms with Crippen molar-refractivity contribution in [3.05, 3.63) is 35.9 Å². The maximum atomic E-state index is 11.7. The molecule has 1 atom stereocenters. The summed E-state index contributed by atoms with van der Waals surface area (Å²) >= 11 is 0. The van der Waals surface area contributed by atoms with E-state index in [0.717, 1.165) is 25.9 Å². The van der Waals surface area contributed by atoms with Crippen molar-refractivity contribution < 1.29 is 9.90 Å². The molecule has 20 heavy (non-hydrogen) atoms. The van der Waals surface area contributed by atoms with Crippen molar-refractivity contribution in [2.24, 2.45) is 11.1 Å². The number of aliphatic carboxylic acids is 1. The number of carbonyl (C=O) groups is 1. The second kappa shape index (κ2) is 5.54. The quantitative estimate of drug-likeness (QED) is 0.883. The first-order valence-corrected chi connectivity index (χ1v) is 7.14. The van der Waals surface area contributed by atoms with Gasteiger partial charge in [-0.1, -0.05) is 44.2 Å². The Balaban J connectivity index is 2.13. The molecule has 1 unspecified atom stereocenters. The van der Waals surface area contributed by atoms with Crippen LogP contribution in [-0.2, 0) is 10.3 Å². The normalized spacial score (nSPS) is 22.1. The van der Waals surface area contributed by atoms with Gasteiger partial charge in [0.1, 0.15) is 0 Å². The van der Waals surface area contributed by atoms with Gasteiger partial charge in [0.2, 0.25) is 0 Å². The topological polar surface area (TPSA) is 66.6 Å². The summed E-state index contributed by atoms with van der Waals surface area (Å²) in [6.07, 6.45) is 2.16. The van der Waals surface area contributed by atoms with Crippen LogP contribution in [0.5, 0.6) is 0 Å². The van der Waals surface area contributed by atoms with Gasteiger partial charge in [-0.05, 0) is 36.9 Å². The van der Waals surface area contributed by atoms with Crippen molar-refractivity contribution in [1.82, 2.24) is 4.90 Å². The van der Waals surface area contributed by atoms with E-state index in [0.29, 0.717) is 17.5 Å². The van der Waals surface area contributed by atoms with Gasteiger partial charge in [-0.25, -0.2) is 4.79 Å². The summed E-state index contributed by atoms with van der Waals surface area (Å²) < 4.78 is 0. The maximum Gasteiger partial charge on any atom is 0.329 e. The molecule has 4 nitrogen and oxygen atoms in total. The van der Waals surface area contributed by atoms with Crippen molar-refractivity contribution in [2.75, 3.05) is 19.6 Å². The summed E-state index contributed by atoms with van der Waals surface area (Å²) in [4.78, 5) is 13.8. The van der Waals surface area contributed by atoms with Gasteiger partial charge in [-0.2, -0.15) is 0 Å². The lowest BCUT2D eigenvalue weighted by Crippen LogP contribution is -2.55. The van der Waals surface area contributed by atoms with Gasteiger partial charge in [0.25, 0.3) is 0 Å². The zero-order valence-corrected chi connectivity index (χ0v) is 12.3. The van der Waals surface area contributed by atoms with Crippen molar-refractivity contribution in [3.63, 3.8) is 0 Å². The third-order valence-corrected chi connectivity index (χ3v) is 4.35. The number of carboxylic acids is 1. The van der Waals surface area contributed by atoms with Crippen LogP contribution in [0.4, 0.5) is 0 Å². The maximum absolute atomic E-state index is 11.7. The molecular formula is C16H24N2O2. The summed E-state index contributed by atoms with van der Waals surface area (Å²) in [7, 11) is 0. The van der Waals surface area contributed by atoms with E-state index in [-0.39, 0.29) is 0 Å². The first kappa shape index (κ1) is 15.0. The molecule has 0 amide bonds. The fourth-order valence-electron chi connectivity index (χ4n) is 2.69. The van der Waals surface area contributed by atoms with E-state index in [1.807, 2.05) is 18.2 Å². The van der Waals surface area contributed by atoms with Crippen molar-refractivity contribution in [1.29, 1.82) is 0 Å². The molecule has 0 aliphatic carbocycles. The molecule has 0 spiro atoms. The average Bonchev–Trinajstić information content (AvgIpc) is 2.42. The van der Waals surface area contributed by atoms with Crippen LogP contribution in [-0.4, -0.2) is 35.6 Å². The Labute approximate surface area is 120 Å². The highest BCUT2D eigenvalue weighted by Crippen LogP contribution is 2.31.